The van der Waals surface area contributed by atoms with Crippen molar-refractivity contribution in [2.75, 3.05) is 7.11 Å². The summed E-state index contributed by atoms with van der Waals surface area (Å²) in [5.74, 6) is -1.66. The Bertz CT molecular complexity index is 438. The van der Waals surface area contributed by atoms with Crippen LogP contribution in [0.4, 0.5) is 4.39 Å². The van der Waals surface area contributed by atoms with Gasteiger partial charge < -0.3 is 9.47 Å². The summed E-state index contributed by atoms with van der Waals surface area (Å²) < 4.78 is 23.7. The quantitative estimate of drug-likeness (QED) is 0.764. The second kappa shape index (κ2) is 4.92. The summed E-state index contributed by atoms with van der Waals surface area (Å²) in [6.07, 6.45) is 0. The Hall–Kier alpha value is -1.29. The van der Waals surface area contributed by atoms with E-state index in [0.29, 0.717) is 0 Å². The van der Waals surface area contributed by atoms with E-state index in [2.05, 4.69) is 0 Å². The highest BCUT2D eigenvalue weighted by atomic mass is 35.5. The van der Waals surface area contributed by atoms with Gasteiger partial charge in [0.1, 0.15) is 11.2 Å². The number of ether oxygens (including phenoxy) is 2. The SMILES string of the molecule is COc1ccc(Cl)c(C(=O)OC(C)(C)C)c1F. The zero-order chi connectivity index (χ0) is 13.2. The summed E-state index contributed by atoms with van der Waals surface area (Å²) in [5, 5.41) is -0.00227. The van der Waals surface area contributed by atoms with Gasteiger partial charge in [0.05, 0.1) is 12.1 Å². The molecule has 0 unspecified atom stereocenters. The lowest BCUT2D eigenvalue weighted by Crippen LogP contribution is -2.24. The van der Waals surface area contributed by atoms with E-state index in [1.54, 1.807) is 20.8 Å². The molecule has 1 aromatic rings. The first-order valence-corrected chi connectivity index (χ1v) is 5.39. The topological polar surface area (TPSA) is 35.5 Å². The molecule has 5 heteroatoms. The fraction of sp³-hybridized carbons (Fsp3) is 0.417. The number of carbonyl (C=O) groups is 1. The molecule has 0 atom stereocenters. The highest BCUT2D eigenvalue weighted by molar-refractivity contribution is 6.33. The van der Waals surface area contributed by atoms with Gasteiger partial charge in [-0.3, -0.25) is 0 Å². The maximum Gasteiger partial charge on any atom is 0.343 e. The van der Waals surface area contributed by atoms with Crippen molar-refractivity contribution in [2.24, 2.45) is 0 Å². The molecule has 1 rings (SSSR count). The van der Waals surface area contributed by atoms with Crippen LogP contribution >= 0.6 is 11.6 Å². The van der Waals surface area contributed by atoms with Crippen molar-refractivity contribution in [1.29, 1.82) is 0 Å². The van der Waals surface area contributed by atoms with Crippen LogP contribution in [0.5, 0.6) is 5.75 Å². The van der Waals surface area contributed by atoms with E-state index < -0.39 is 17.4 Å². The zero-order valence-electron chi connectivity index (χ0n) is 10.1. The number of hydrogen-bond donors (Lipinski definition) is 0. The van der Waals surface area contributed by atoms with Crippen LogP contribution in [-0.4, -0.2) is 18.7 Å². The molecule has 0 fully saturated rings. The molecule has 3 nitrogen and oxygen atoms in total. The largest absolute Gasteiger partial charge is 0.494 e. The predicted octanol–water partition coefficient (Wildman–Crippen LogP) is 3.44. The molecule has 0 saturated heterocycles. The Morgan fingerprint density at radius 1 is 1.35 bits per heavy atom. The van der Waals surface area contributed by atoms with Gasteiger partial charge in [-0.2, -0.15) is 0 Å². The second-order valence-electron chi connectivity index (χ2n) is 4.44. The van der Waals surface area contributed by atoms with Gasteiger partial charge in [0, 0.05) is 0 Å². The molecule has 0 radical (unpaired) electrons. The molecule has 0 saturated carbocycles. The molecular formula is C12H14ClFO3. The van der Waals surface area contributed by atoms with E-state index in [1.807, 2.05) is 0 Å². The number of esters is 1. The van der Waals surface area contributed by atoms with Crippen molar-refractivity contribution in [2.45, 2.75) is 26.4 Å². The number of halogens is 2. The van der Waals surface area contributed by atoms with Gasteiger partial charge in [0.15, 0.2) is 11.6 Å². The predicted molar refractivity (Wildman–Crippen MR) is 63.1 cm³/mol. The number of rotatable bonds is 2. The van der Waals surface area contributed by atoms with Crippen molar-refractivity contribution in [3.63, 3.8) is 0 Å². The molecule has 1 aromatic carbocycles. The minimum atomic E-state index is -0.811. The summed E-state index contributed by atoms with van der Waals surface area (Å²) >= 11 is 5.79. The van der Waals surface area contributed by atoms with Crippen molar-refractivity contribution >= 4 is 17.6 Å². The molecule has 0 heterocycles. The van der Waals surface area contributed by atoms with E-state index in [4.69, 9.17) is 21.1 Å². The number of carbonyl (C=O) groups excluding carboxylic acids is 1. The highest BCUT2D eigenvalue weighted by Gasteiger charge is 2.25. The summed E-state index contributed by atoms with van der Waals surface area (Å²) in [6, 6.07) is 2.74. The molecular weight excluding hydrogens is 247 g/mol. The Labute approximate surface area is 104 Å². The maximum absolute atomic E-state index is 13.8. The molecule has 0 amide bonds. The minimum Gasteiger partial charge on any atom is -0.494 e. The molecule has 94 valence electrons. The summed E-state index contributed by atoms with van der Waals surface area (Å²) in [5.41, 5.74) is -1.02. The fourth-order valence-corrected chi connectivity index (χ4v) is 1.43. The van der Waals surface area contributed by atoms with Crippen LogP contribution in [0.25, 0.3) is 0 Å². The molecule has 0 spiro atoms. The van der Waals surface area contributed by atoms with E-state index in [0.717, 1.165) is 0 Å². The van der Waals surface area contributed by atoms with Crippen LogP contribution in [0.3, 0.4) is 0 Å². The Morgan fingerprint density at radius 3 is 2.41 bits per heavy atom. The standard InChI is InChI=1S/C12H14ClFO3/c1-12(2,3)17-11(15)9-7(13)5-6-8(16-4)10(9)14/h5-6H,1-4H3. The van der Waals surface area contributed by atoms with Crippen LogP contribution in [0, 0.1) is 5.82 Å². The summed E-state index contributed by atoms with van der Waals surface area (Å²) in [6.45, 7) is 5.07. The highest BCUT2D eigenvalue weighted by Crippen LogP contribution is 2.28. The van der Waals surface area contributed by atoms with Gasteiger partial charge in [-0.15, -0.1) is 0 Å². The maximum atomic E-state index is 13.8. The lowest BCUT2D eigenvalue weighted by atomic mass is 10.1. The minimum absolute atomic E-state index is 0.00227. The van der Waals surface area contributed by atoms with Gasteiger partial charge in [-0.25, -0.2) is 9.18 Å². The first kappa shape index (κ1) is 13.8. The number of hydrogen-bond acceptors (Lipinski definition) is 3. The Morgan fingerprint density at radius 2 is 1.94 bits per heavy atom. The van der Waals surface area contributed by atoms with Crippen molar-refractivity contribution in [3.8, 4) is 5.75 Å². The monoisotopic (exact) mass is 260 g/mol. The van der Waals surface area contributed by atoms with E-state index in [9.17, 15) is 9.18 Å². The molecule has 0 aliphatic rings. The third kappa shape index (κ3) is 3.33. The smallest absolute Gasteiger partial charge is 0.343 e. The van der Waals surface area contributed by atoms with Gasteiger partial charge in [0.25, 0.3) is 0 Å². The first-order valence-electron chi connectivity index (χ1n) is 5.01. The second-order valence-corrected chi connectivity index (χ2v) is 4.85. The van der Waals surface area contributed by atoms with Crippen molar-refractivity contribution < 1.29 is 18.7 Å². The van der Waals surface area contributed by atoms with Crippen LogP contribution < -0.4 is 4.74 Å². The molecule has 0 N–H and O–H groups in total. The van der Waals surface area contributed by atoms with E-state index in [1.165, 1.54) is 19.2 Å². The van der Waals surface area contributed by atoms with Gasteiger partial charge in [-0.05, 0) is 32.9 Å². The van der Waals surface area contributed by atoms with Crippen LogP contribution in [0.15, 0.2) is 12.1 Å². The van der Waals surface area contributed by atoms with Crippen LogP contribution in [0.1, 0.15) is 31.1 Å². The number of benzene rings is 1. The average Bonchev–Trinajstić information content (AvgIpc) is 2.15. The molecule has 0 aromatic heterocycles. The Balaban J connectivity index is 3.17. The van der Waals surface area contributed by atoms with Crippen molar-refractivity contribution in [1.82, 2.24) is 0 Å². The van der Waals surface area contributed by atoms with Gasteiger partial charge in [0.2, 0.25) is 0 Å². The number of methoxy groups -OCH3 is 1. The molecule has 0 aliphatic heterocycles. The molecule has 0 bridgehead atoms. The lowest BCUT2D eigenvalue weighted by Gasteiger charge is -2.20. The van der Waals surface area contributed by atoms with E-state index in [-0.39, 0.29) is 16.3 Å². The third-order valence-corrected chi connectivity index (χ3v) is 2.19. The van der Waals surface area contributed by atoms with Gasteiger partial charge in [-0.1, -0.05) is 11.6 Å². The first-order chi connectivity index (χ1) is 7.76. The summed E-state index contributed by atoms with van der Waals surface area (Å²) in [7, 11) is 1.31. The molecule has 0 aliphatic carbocycles. The summed E-state index contributed by atoms with van der Waals surface area (Å²) in [4.78, 5) is 11.8. The van der Waals surface area contributed by atoms with E-state index >= 15 is 0 Å². The van der Waals surface area contributed by atoms with Gasteiger partial charge >= 0.3 is 5.97 Å². The fourth-order valence-electron chi connectivity index (χ4n) is 1.21. The molecule has 17 heavy (non-hydrogen) atoms. The van der Waals surface area contributed by atoms with Crippen LogP contribution in [-0.2, 0) is 4.74 Å². The average molecular weight is 261 g/mol. The zero-order valence-corrected chi connectivity index (χ0v) is 10.9. The van der Waals surface area contributed by atoms with Crippen LogP contribution in [0.2, 0.25) is 5.02 Å². The lowest BCUT2D eigenvalue weighted by molar-refractivity contribution is 0.00643. The van der Waals surface area contributed by atoms with Crippen molar-refractivity contribution in [3.05, 3.63) is 28.5 Å². The Kier molecular flexibility index (Phi) is 3.98. The third-order valence-electron chi connectivity index (χ3n) is 1.88. The normalized spacial score (nSPS) is 11.2.